The van der Waals surface area contributed by atoms with Gasteiger partial charge in [0.1, 0.15) is 12.4 Å². The van der Waals surface area contributed by atoms with Crippen molar-refractivity contribution in [1.29, 1.82) is 0 Å². The molecular weight excluding hydrogens is 446 g/mol. The summed E-state index contributed by atoms with van der Waals surface area (Å²) >= 11 is 4.33. The molecule has 0 saturated carbocycles. The van der Waals surface area contributed by atoms with Crippen molar-refractivity contribution >= 4 is 57.2 Å². The number of benzene rings is 1. The molecule has 1 aromatic carbocycles. The minimum Gasteiger partial charge on any atom is -0.487 e. The Hall–Kier alpha value is -0.570. The second-order valence-electron chi connectivity index (χ2n) is 3.08. The third-order valence-electron chi connectivity index (χ3n) is 1.78. The first-order valence-electron chi connectivity index (χ1n) is 4.68. The largest absolute Gasteiger partial charge is 0.487 e. The summed E-state index contributed by atoms with van der Waals surface area (Å²) in [5.74, 6) is -0.152. The number of carbonyl (C=O) groups is 1. The summed E-state index contributed by atoms with van der Waals surface area (Å²) in [4.78, 5) is 10.4. The Morgan fingerprint density at radius 2 is 2.00 bits per heavy atom. The number of ether oxygens (including phenoxy) is 1. The predicted octanol–water partition coefficient (Wildman–Crippen LogP) is 3.56. The van der Waals surface area contributed by atoms with Crippen molar-refractivity contribution in [3.05, 3.63) is 43.6 Å². The van der Waals surface area contributed by atoms with Crippen LogP contribution in [0.5, 0.6) is 5.75 Å². The summed E-state index contributed by atoms with van der Waals surface area (Å²) in [5.41, 5.74) is 0.840. The molecule has 0 amide bonds. The molecule has 1 N–H and O–H groups in total. The van der Waals surface area contributed by atoms with E-state index in [0.29, 0.717) is 6.61 Å². The van der Waals surface area contributed by atoms with E-state index >= 15 is 0 Å². The number of hydrogen-bond donors (Lipinski definition) is 1. The Morgan fingerprint density at radius 3 is 2.47 bits per heavy atom. The monoisotopic (exact) mass is 456 g/mol. The summed E-state index contributed by atoms with van der Waals surface area (Å²) in [6, 6.07) is 3.75. The van der Waals surface area contributed by atoms with Crippen molar-refractivity contribution < 1.29 is 14.6 Å². The van der Waals surface area contributed by atoms with Crippen LogP contribution in [0.1, 0.15) is 5.56 Å². The van der Waals surface area contributed by atoms with E-state index in [1.807, 2.05) is 12.1 Å². The molecule has 0 unspecified atom stereocenters. The van der Waals surface area contributed by atoms with Gasteiger partial charge in [0.15, 0.2) is 0 Å². The number of aliphatic carboxylic acids is 1. The van der Waals surface area contributed by atoms with Gasteiger partial charge in [-0.2, -0.15) is 0 Å². The van der Waals surface area contributed by atoms with Gasteiger partial charge in [-0.15, -0.1) is 0 Å². The Bertz CT molecular complexity index is 444. The van der Waals surface area contributed by atoms with Crippen LogP contribution in [0.15, 0.2) is 30.9 Å². The van der Waals surface area contributed by atoms with Crippen molar-refractivity contribution in [2.24, 2.45) is 0 Å². The molecule has 0 fully saturated rings. The number of rotatable bonds is 5. The lowest BCUT2D eigenvalue weighted by atomic mass is 10.2. The maximum absolute atomic E-state index is 10.4. The first kappa shape index (κ1) is 14.5. The van der Waals surface area contributed by atoms with Crippen molar-refractivity contribution in [3.8, 4) is 5.75 Å². The van der Waals surface area contributed by atoms with Gasteiger partial charge in [0.05, 0.1) is 7.14 Å². The van der Waals surface area contributed by atoms with Crippen LogP contribution in [0.2, 0.25) is 0 Å². The Balaban J connectivity index is 3.00. The van der Waals surface area contributed by atoms with Gasteiger partial charge in [0.2, 0.25) is 0 Å². The summed E-state index contributed by atoms with van der Waals surface area (Å²) < 4.78 is 7.42. The summed E-state index contributed by atoms with van der Waals surface area (Å²) in [7, 11) is 0. The predicted molar refractivity (Wildman–Crippen MR) is 84.2 cm³/mol. The third kappa shape index (κ3) is 4.66. The van der Waals surface area contributed by atoms with Crippen molar-refractivity contribution in [2.75, 3.05) is 6.61 Å². The van der Waals surface area contributed by atoms with E-state index < -0.39 is 5.97 Å². The van der Waals surface area contributed by atoms with Gasteiger partial charge in [0, 0.05) is 6.08 Å². The molecule has 0 saturated heterocycles. The molecule has 0 atom stereocenters. The molecule has 0 aromatic heterocycles. The molecule has 1 rings (SSSR count). The topological polar surface area (TPSA) is 46.5 Å². The van der Waals surface area contributed by atoms with E-state index in [0.717, 1.165) is 24.5 Å². The fourth-order valence-corrected chi connectivity index (χ4v) is 3.25. The molecule has 0 aliphatic heterocycles. The first-order valence-corrected chi connectivity index (χ1v) is 6.84. The van der Waals surface area contributed by atoms with Crippen molar-refractivity contribution in [2.45, 2.75) is 0 Å². The van der Waals surface area contributed by atoms with Crippen LogP contribution in [0.25, 0.3) is 6.08 Å². The lowest BCUT2D eigenvalue weighted by Gasteiger charge is -2.09. The molecule has 17 heavy (non-hydrogen) atoms. The Labute approximate surface area is 127 Å². The van der Waals surface area contributed by atoms with Crippen LogP contribution in [0.4, 0.5) is 0 Å². The molecule has 0 aliphatic carbocycles. The van der Waals surface area contributed by atoms with Gasteiger partial charge in [-0.25, -0.2) is 4.79 Å². The van der Waals surface area contributed by atoms with Crippen molar-refractivity contribution in [3.63, 3.8) is 0 Å². The number of hydrogen-bond acceptors (Lipinski definition) is 2. The van der Waals surface area contributed by atoms with Crippen LogP contribution in [-0.2, 0) is 4.79 Å². The van der Waals surface area contributed by atoms with Gasteiger partial charge < -0.3 is 9.84 Å². The quantitative estimate of drug-likeness (QED) is 0.419. The highest BCUT2D eigenvalue weighted by Crippen LogP contribution is 2.29. The second kappa shape index (κ2) is 7.00. The molecule has 0 radical (unpaired) electrons. The second-order valence-corrected chi connectivity index (χ2v) is 5.41. The molecule has 0 aliphatic rings. The highest BCUT2D eigenvalue weighted by Gasteiger charge is 2.07. The molecule has 3 nitrogen and oxygen atoms in total. The Morgan fingerprint density at radius 1 is 1.41 bits per heavy atom. The molecule has 0 heterocycles. The zero-order chi connectivity index (χ0) is 12.8. The molecule has 1 aromatic rings. The Kier molecular flexibility index (Phi) is 5.96. The van der Waals surface area contributed by atoms with E-state index in [9.17, 15) is 4.79 Å². The smallest absolute Gasteiger partial charge is 0.328 e. The summed E-state index contributed by atoms with van der Waals surface area (Å²) in [5, 5.41) is 8.56. The van der Waals surface area contributed by atoms with Crippen LogP contribution >= 0.6 is 45.2 Å². The van der Waals surface area contributed by atoms with Gasteiger partial charge in [-0.1, -0.05) is 12.7 Å². The van der Waals surface area contributed by atoms with E-state index in [1.54, 1.807) is 12.2 Å². The fraction of sp³-hybridized carbons (Fsp3) is 0.0833. The standard InChI is InChI=1S/C12H10I2O3/c1-2-5-17-12-9(13)6-8(7-10(12)14)3-4-11(15)16/h2-4,6-7H,1,5H2,(H,15,16)/b4-3+. The molecule has 5 heteroatoms. The maximum atomic E-state index is 10.4. The zero-order valence-electron chi connectivity index (χ0n) is 8.82. The highest BCUT2D eigenvalue weighted by molar-refractivity contribution is 14.1. The molecular formula is C12H10I2O3. The lowest BCUT2D eigenvalue weighted by molar-refractivity contribution is -0.131. The SMILES string of the molecule is C=CCOc1c(I)cc(/C=C/C(=O)O)cc1I. The number of carboxylic acids is 1. The normalized spacial score (nSPS) is 10.5. The van der Waals surface area contributed by atoms with Crippen molar-refractivity contribution in [1.82, 2.24) is 0 Å². The van der Waals surface area contributed by atoms with Gasteiger partial charge in [-0.3, -0.25) is 0 Å². The average Bonchev–Trinajstić information content (AvgIpc) is 2.25. The molecule has 0 bridgehead atoms. The minimum atomic E-state index is -0.956. The van der Waals surface area contributed by atoms with E-state index in [1.165, 1.54) is 0 Å². The van der Waals surface area contributed by atoms with E-state index in [4.69, 9.17) is 9.84 Å². The number of halogens is 2. The minimum absolute atomic E-state index is 0.455. The van der Waals surface area contributed by atoms with Crippen LogP contribution < -0.4 is 4.74 Å². The molecule has 0 spiro atoms. The van der Waals surface area contributed by atoms with Gasteiger partial charge in [0.25, 0.3) is 0 Å². The lowest BCUT2D eigenvalue weighted by Crippen LogP contribution is -1.98. The zero-order valence-corrected chi connectivity index (χ0v) is 13.1. The number of carboxylic acid groups (broad SMARTS) is 1. The van der Waals surface area contributed by atoms with E-state index in [-0.39, 0.29) is 0 Å². The maximum Gasteiger partial charge on any atom is 0.328 e. The average molecular weight is 456 g/mol. The third-order valence-corrected chi connectivity index (χ3v) is 3.39. The highest BCUT2D eigenvalue weighted by atomic mass is 127. The first-order chi connectivity index (χ1) is 8.04. The molecule has 90 valence electrons. The van der Waals surface area contributed by atoms with Crippen LogP contribution in [0, 0.1) is 7.14 Å². The van der Waals surface area contributed by atoms with Gasteiger partial charge in [-0.05, 0) is 69.0 Å². The summed E-state index contributed by atoms with van der Waals surface area (Å²) in [6.07, 6.45) is 4.36. The summed E-state index contributed by atoms with van der Waals surface area (Å²) in [6.45, 7) is 4.05. The van der Waals surface area contributed by atoms with E-state index in [2.05, 4.69) is 51.8 Å². The van der Waals surface area contributed by atoms with Gasteiger partial charge >= 0.3 is 5.97 Å². The van der Waals surface area contributed by atoms with Crippen LogP contribution in [0.3, 0.4) is 0 Å². The van der Waals surface area contributed by atoms with Crippen LogP contribution in [-0.4, -0.2) is 17.7 Å². The fourth-order valence-electron chi connectivity index (χ4n) is 1.12.